The van der Waals surface area contributed by atoms with Crippen LogP contribution in [0, 0.1) is 35.5 Å². The molecule has 0 radical (unpaired) electrons. The number of ether oxygens (including phenoxy) is 7. The molecule has 0 spiro atoms. The molecule has 0 aliphatic carbocycles. The lowest BCUT2D eigenvalue weighted by atomic mass is 9.77. The maximum atomic E-state index is 13.9. The van der Waals surface area contributed by atoms with Gasteiger partial charge in [0.05, 0.1) is 49.8 Å². The van der Waals surface area contributed by atoms with Gasteiger partial charge in [-0.3, -0.25) is 0 Å². The predicted molar refractivity (Wildman–Crippen MR) is 224 cm³/mol. The Hall–Kier alpha value is -3.12. The van der Waals surface area contributed by atoms with Crippen molar-refractivity contribution in [3.63, 3.8) is 0 Å². The number of nitrogens with two attached hydrogens (primary N) is 1. The van der Waals surface area contributed by atoms with Gasteiger partial charge in [-0.2, -0.15) is 0 Å². The first-order valence-electron chi connectivity index (χ1n) is 21.1. The Morgan fingerprint density at radius 3 is 2.30 bits per heavy atom. The molecule has 0 aromatic rings. The van der Waals surface area contributed by atoms with Crippen LogP contribution in [-0.4, -0.2) is 125 Å². The molecule has 0 saturated carbocycles. The molecule has 1 amide bonds. The third kappa shape index (κ3) is 13.2. The third-order valence-corrected chi connectivity index (χ3v) is 12.5. The van der Waals surface area contributed by atoms with Gasteiger partial charge in [0.2, 0.25) is 5.76 Å². The molecular weight excluding hydrogens is 778 g/mol. The van der Waals surface area contributed by atoms with E-state index in [1.54, 1.807) is 58.1 Å². The fourth-order valence-electron chi connectivity index (χ4n) is 8.64. The quantitative estimate of drug-likeness (QED) is 0.131. The number of allylic oxidation sites excluding steroid dienone is 6. The molecule has 342 valence electrons. The number of esters is 1. The Kier molecular flexibility index (Phi) is 19.5. The fourth-order valence-corrected chi connectivity index (χ4v) is 8.64. The van der Waals surface area contributed by atoms with E-state index in [4.69, 9.17) is 38.9 Å². The first kappa shape index (κ1) is 51.2. The average Bonchev–Trinajstić information content (AvgIpc) is 3.18. The molecule has 0 aromatic carbocycles. The van der Waals surface area contributed by atoms with Crippen LogP contribution < -0.4 is 5.73 Å². The van der Waals surface area contributed by atoms with Crippen molar-refractivity contribution in [2.24, 2.45) is 41.2 Å². The van der Waals surface area contributed by atoms with Gasteiger partial charge < -0.3 is 64.4 Å². The topological polar surface area (TPSA) is 226 Å². The lowest BCUT2D eigenvalue weighted by Gasteiger charge is -2.49. The molecule has 7 N–H and O–H groups in total. The maximum absolute atomic E-state index is 13.9. The molecule has 3 rings (SSSR count). The zero-order valence-electron chi connectivity index (χ0n) is 37.5. The highest BCUT2D eigenvalue weighted by Crippen LogP contribution is 2.42. The third-order valence-electron chi connectivity index (χ3n) is 12.5. The van der Waals surface area contributed by atoms with Crippen molar-refractivity contribution >= 4 is 12.1 Å². The lowest BCUT2D eigenvalue weighted by molar-refractivity contribution is -0.338. The van der Waals surface area contributed by atoms with Crippen molar-refractivity contribution in [1.29, 1.82) is 0 Å². The second-order valence-corrected chi connectivity index (χ2v) is 17.3. The minimum Gasteiger partial charge on any atom is -0.490 e. The van der Waals surface area contributed by atoms with Crippen LogP contribution in [0.25, 0.3) is 0 Å². The van der Waals surface area contributed by atoms with Gasteiger partial charge in [-0.25, -0.2) is 9.59 Å². The van der Waals surface area contributed by atoms with Crippen molar-refractivity contribution in [3.8, 4) is 0 Å². The van der Waals surface area contributed by atoms with Gasteiger partial charge >= 0.3 is 12.1 Å². The van der Waals surface area contributed by atoms with Gasteiger partial charge in [-0.1, -0.05) is 89.1 Å². The van der Waals surface area contributed by atoms with Crippen molar-refractivity contribution in [2.45, 2.75) is 162 Å². The van der Waals surface area contributed by atoms with E-state index in [-0.39, 0.29) is 36.4 Å². The number of carbonyl (C=O) groups is 2. The van der Waals surface area contributed by atoms with E-state index in [9.17, 15) is 35.1 Å². The summed E-state index contributed by atoms with van der Waals surface area (Å²) in [7, 11) is 2.80. The van der Waals surface area contributed by atoms with Crippen LogP contribution >= 0.6 is 0 Å². The van der Waals surface area contributed by atoms with Crippen LogP contribution in [-0.2, 0) is 38.0 Å². The van der Waals surface area contributed by atoms with Gasteiger partial charge in [-0.05, 0) is 46.1 Å². The molecular formula is C45H73NO14. The largest absolute Gasteiger partial charge is 0.490 e. The Morgan fingerprint density at radius 2 is 1.72 bits per heavy atom. The Bertz CT molecular complexity index is 1550. The molecule has 2 fully saturated rings. The van der Waals surface area contributed by atoms with Gasteiger partial charge in [0, 0.05) is 49.5 Å². The van der Waals surface area contributed by atoms with E-state index in [0.717, 1.165) is 5.57 Å². The van der Waals surface area contributed by atoms with Crippen molar-refractivity contribution in [3.05, 3.63) is 59.4 Å². The Morgan fingerprint density at radius 1 is 1.05 bits per heavy atom. The molecule has 3 heterocycles. The van der Waals surface area contributed by atoms with Crippen LogP contribution in [0.15, 0.2) is 59.4 Å². The number of methoxy groups -OCH3 is 2. The number of hydrogen-bond donors (Lipinski definition) is 6. The van der Waals surface area contributed by atoms with E-state index in [1.165, 1.54) is 20.3 Å². The van der Waals surface area contributed by atoms with Crippen LogP contribution in [0.3, 0.4) is 0 Å². The van der Waals surface area contributed by atoms with Gasteiger partial charge in [0.25, 0.3) is 0 Å². The van der Waals surface area contributed by atoms with Gasteiger partial charge in [0.1, 0.15) is 12.2 Å². The summed E-state index contributed by atoms with van der Waals surface area (Å²) in [6.45, 7) is 18.0. The minimum absolute atomic E-state index is 0.0314. The summed E-state index contributed by atoms with van der Waals surface area (Å²) in [5.41, 5.74) is 6.76. The standard InChI is InChI=1S/C45H73NO14/c1-13-15-33-27(6)36(57-37-21-32(47)42(31(10)56-37)59-44(46)52)22-45(53,60-33)30(9)40(50)29(8)41-34(54-11)17-14-16-23(2)18-25(4)38(48)28(7)39(49)26(5)19-24(3)20-35(55-12)43(51)58-41/h13-17,19-20,25-34,36-42,47-50,53H,18,21-22H2,1-12H3,(H2,46,52)/b15-13+,17-14+,23-16+,24-19+,35-20-/t25-,26-,27-,28+,29+,30+,31-,32-,33-,34+,36-,37+,38-,39+,40-,41-,42-,45-/m1/s1. The molecule has 2 saturated heterocycles. The highest BCUT2D eigenvalue weighted by Gasteiger charge is 2.52. The van der Waals surface area contributed by atoms with Crippen molar-refractivity contribution in [2.75, 3.05) is 14.2 Å². The fraction of sp³-hybridized carbons (Fsp3) is 0.733. The molecule has 15 heteroatoms. The summed E-state index contributed by atoms with van der Waals surface area (Å²) in [4.78, 5) is 25.3. The minimum atomic E-state index is -1.97. The zero-order valence-corrected chi connectivity index (χ0v) is 37.5. The molecule has 3 aliphatic rings. The molecule has 0 bridgehead atoms. The Labute approximate surface area is 356 Å². The van der Waals surface area contributed by atoms with Crippen LogP contribution in [0.5, 0.6) is 0 Å². The first-order valence-corrected chi connectivity index (χ1v) is 21.1. The molecule has 3 aliphatic heterocycles. The highest BCUT2D eigenvalue weighted by atomic mass is 16.7. The smallest absolute Gasteiger partial charge is 0.404 e. The lowest BCUT2D eigenvalue weighted by Crippen LogP contribution is -2.59. The van der Waals surface area contributed by atoms with E-state index in [0.29, 0.717) is 12.0 Å². The molecule has 0 aromatic heterocycles. The van der Waals surface area contributed by atoms with Gasteiger partial charge in [-0.15, -0.1) is 0 Å². The Balaban J connectivity index is 1.99. The van der Waals surface area contributed by atoms with E-state index >= 15 is 0 Å². The first-order chi connectivity index (χ1) is 28.1. The summed E-state index contributed by atoms with van der Waals surface area (Å²) in [5, 5.41) is 57.6. The van der Waals surface area contributed by atoms with Crippen LogP contribution in [0.4, 0.5) is 4.79 Å². The summed E-state index contributed by atoms with van der Waals surface area (Å²) in [6.07, 6.45) is 1.54. The second kappa shape index (κ2) is 22.8. The molecule has 15 nitrogen and oxygen atoms in total. The van der Waals surface area contributed by atoms with Gasteiger partial charge in [0.15, 0.2) is 18.2 Å². The number of hydrogen-bond acceptors (Lipinski definition) is 14. The average molecular weight is 852 g/mol. The summed E-state index contributed by atoms with van der Waals surface area (Å²) >= 11 is 0. The van der Waals surface area contributed by atoms with Crippen LogP contribution in [0.2, 0.25) is 0 Å². The maximum Gasteiger partial charge on any atom is 0.404 e. The number of rotatable bonds is 10. The summed E-state index contributed by atoms with van der Waals surface area (Å²) in [6, 6.07) is 0. The second-order valence-electron chi connectivity index (χ2n) is 17.3. The summed E-state index contributed by atoms with van der Waals surface area (Å²) in [5.74, 6) is -6.06. The van der Waals surface area contributed by atoms with E-state index < -0.39 is 103 Å². The van der Waals surface area contributed by atoms with E-state index in [2.05, 4.69) is 0 Å². The molecule has 60 heavy (non-hydrogen) atoms. The predicted octanol–water partition coefficient (Wildman–Crippen LogP) is 4.59. The number of aliphatic hydroxyl groups is 5. The normalized spacial score (nSPS) is 42.7. The number of carbonyl (C=O) groups excluding carboxylic acids is 2. The number of primary amides is 1. The monoisotopic (exact) mass is 852 g/mol. The SMILES string of the molecule is C/C=C/[C@H]1O[C@@](O)([C@@H](C)[C@H](O)[C@H](C)[C@H]2OC(=O)/C(OC)=C/C(C)=C/[C@@H](C)[C@H](O)[C@@H](C)[C@H](O)[C@H](C)C/C(C)=C/C=C/[C@@H]2OC)C[C@@H](O[C@H]2C[C@@H](O)[C@H](OC(N)=O)[C@@H](C)O2)[C@@H]1C. The number of cyclic esters (lactones) is 1. The number of amides is 1. The van der Waals surface area contributed by atoms with Crippen molar-refractivity contribution < 1.29 is 68.3 Å². The molecule has 0 unspecified atom stereocenters. The molecule has 18 atom stereocenters. The number of aliphatic hydroxyl groups excluding tert-OH is 4. The summed E-state index contributed by atoms with van der Waals surface area (Å²) < 4.78 is 41.3. The highest BCUT2D eigenvalue weighted by molar-refractivity contribution is 5.87. The zero-order chi connectivity index (χ0) is 45.2. The van der Waals surface area contributed by atoms with E-state index in [1.807, 2.05) is 47.6 Å². The van der Waals surface area contributed by atoms with Crippen molar-refractivity contribution in [1.82, 2.24) is 0 Å². The van der Waals surface area contributed by atoms with Crippen LogP contribution in [0.1, 0.15) is 88.5 Å².